The van der Waals surface area contributed by atoms with Crippen molar-refractivity contribution in [2.24, 2.45) is 0 Å². The number of carbonyl (C=O) groups is 1. The molecule has 0 spiro atoms. The highest BCUT2D eigenvalue weighted by Crippen LogP contribution is 2.53. The van der Waals surface area contributed by atoms with Crippen LogP contribution in [0.3, 0.4) is 0 Å². The summed E-state index contributed by atoms with van der Waals surface area (Å²) in [6, 6.07) is 15.5. The van der Waals surface area contributed by atoms with Crippen LogP contribution in [0, 0.1) is 0 Å². The molecule has 0 aromatic heterocycles. The second-order valence-corrected chi connectivity index (χ2v) is 7.13. The van der Waals surface area contributed by atoms with Gasteiger partial charge in [-0.1, -0.05) is 43.0 Å². The largest absolute Gasteiger partial charge is 0.508 e. The predicted molar refractivity (Wildman–Crippen MR) is 102 cm³/mol. The summed E-state index contributed by atoms with van der Waals surface area (Å²) in [5.74, 6) is 0.234. The minimum absolute atomic E-state index is 0.180. The number of nitrogens with one attached hydrogen (secondary N) is 1. The van der Waals surface area contributed by atoms with Crippen LogP contribution in [0.5, 0.6) is 5.75 Å². The van der Waals surface area contributed by atoms with Gasteiger partial charge in [-0.15, -0.1) is 0 Å². The summed E-state index contributed by atoms with van der Waals surface area (Å²) < 4.78 is 0. The molecule has 3 aliphatic rings. The van der Waals surface area contributed by atoms with E-state index in [2.05, 4.69) is 24.0 Å². The van der Waals surface area contributed by atoms with Crippen molar-refractivity contribution in [2.45, 2.75) is 25.2 Å². The van der Waals surface area contributed by atoms with Gasteiger partial charge in [-0.05, 0) is 47.2 Å². The molecule has 0 bridgehead atoms. The number of dihydropyridines is 1. The van der Waals surface area contributed by atoms with E-state index >= 15 is 0 Å². The molecule has 128 valence electrons. The molecule has 0 amide bonds. The Morgan fingerprint density at radius 2 is 1.81 bits per heavy atom. The molecule has 0 fully saturated rings. The zero-order chi connectivity index (χ0) is 17.8. The third-order valence-corrected chi connectivity index (χ3v) is 5.63. The van der Waals surface area contributed by atoms with Gasteiger partial charge in [-0.25, -0.2) is 0 Å². The standard InChI is InChI=1S/C23H19NO2/c1-13-16-8-2-3-9-17(16)23-20(13)21(14-6-4-7-15(25)12-14)22-18(24-23)10-5-11-19(22)26/h2-4,6-9,12,21,24-25H,1,5,10-11H2. The van der Waals surface area contributed by atoms with Crippen LogP contribution in [0.25, 0.3) is 11.3 Å². The van der Waals surface area contributed by atoms with Gasteiger partial charge in [0.2, 0.25) is 0 Å². The van der Waals surface area contributed by atoms with Gasteiger partial charge in [0.15, 0.2) is 5.78 Å². The van der Waals surface area contributed by atoms with E-state index in [1.807, 2.05) is 24.3 Å². The van der Waals surface area contributed by atoms with Crippen LogP contribution in [0.4, 0.5) is 0 Å². The lowest BCUT2D eigenvalue weighted by molar-refractivity contribution is -0.116. The van der Waals surface area contributed by atoms with Crippen LogP contribution >= 0.6 is 0 Å². The number of hydrogen-bond donors (Lipinski definition) is 2. The SMILES string of the molecule is C=C1C2=C(NC3=C(C(=O)CCC3)C2c2cccc(O)c2)c2ccccc21. The summed E-state index contributed by atoms with van der Waals surface area (Å²) >= 11 is 0. The van der Waals surface area contributed by atoms with Crippen LogP contribution in [0.1, 0.15) is 41.9 Å². The van der Waals surface area contributed by atoms with Gasteiger partial charge in [0.05, 0.1) is 5.70 Å². The Kier molecular flexibility index (Phi) is 3.20. The third-order valence-electron chi connectivity index (χ3n) is 5.63. The van der Waals surface area contributed by atoms with Crippen molar-refractivity contribution in [3.63, 3.8) is 0 Å². The molecule has 2 N–H and O–H groups in total. The molecule has 5 rings (SSSR count). The zero-order valence-corrected chi connectivity index (χ0v) is 14.4. The molecular formula is C23H19NO2. The molecule has 3 heteroatoms. The van der Waals surface area contributed by atoms with E-state index in [9.17, 15) is 9.90 Å². The third kappa shape index (κ3) is 2.03. The Morgan fingerprint density at radius 3 is 2.62 bits per heavy atom. The summed E-state index contributed by atoms with van der Waals surface area (Å²) in [4.78, 5) is 12.9. The number of ketones is 1. The number of fused-ring (bicyclic) bond motifs is 2. The van der Waals surface area contributed by atoms with Gasteiger partial charge >= 0.3 is 0 Å². The molecule has 2 aromatic carbocycles. The Labute approximate surface area is 152 Å². The van der Waals surface area contributed by atoms with Crippen LogP contribution in [-0.4, -0.2) is 10.9 Å². The lowest BCUT2D eigenvalue weighted by atomic mass is 9.74. The van der Waals surface area contributed by atoms with Crippen LogP contribution in [-0.2, 0) is 4.79 Å². The quantitative estimate of drug-likeness (QED) is 0.801. The molecule has 0 saturated carbocycles. The van der Waals surface area contributed by atoms with E-state index in [1.54, 1.807) is 12.1 Å². The van der Waals surface area contributed by atoms with Gasteiger partial charge in [0.25, 0.3) is 0 Å². The molecule has 0 saturated heterocycles. The van der Waals surface area contributed by atoms with Gasteiger partial charge in [0, 0.05) is 29.2 Å². The van der Waals surface area contributed by atoms with E-state index < -0.39 is 0 Å². The number of rotatable bonds is 1. The fraction of sp³-hybridized carbons (Fsp3) is 0.174. The Bertz CT molecular complexity index is 1040. The van der Waals surface area contributed by atoms with E-state index in [-0.39, 0.29) is 17.5 Å². The van der Waals surface area contributed by atoms with Crippen molar-refractivity contribution >= 4 is 17.1 Å². The van der Waals surface area contributed by atoms with E-state index in [0.29, 0.717) is 6.42 Å². The van der Waals surface area contributed by atoms with E-state index in [4.69, 9.17) is 0 Å². The number of carbonyl (C=O) groups excluding carboxylic acids is 1. The fourth-order valence-corrected chi connectivity index (χ4v) is 4.52. The number of phenolic OH excluding ortho intramolecular Hbond substituents is 1. The van der Waals surface area contributed by atoms with E-state index in [0.717, 1.165) is 57.6 Å². The molecular weight excluding hydrogens is 322 g/mol. The maximum Gasteiger partial charge on any atom is 0.161 e. The van der Waals surface area contributed by atoms with Gasteiger partial charge in [-0.3, -0.25) is 4.79 Å². The topological polar surface area (TPSA) is 49.3 Å². The normalized spacial score (nSPS) is 21.3. The summed E-state index contributed by atoms with van der Waals surface area (Å²) in [5.41, 5.74) is 8.15. The average molecular weight is 341 g/mol. The Balaban J connectivity index is 1.77. The van der Waals surface area contributed by atoms with Gasteiger partial charge in [0.1, 0.15) is 5.75 Å². The Morgan fingerprint density at radius 1 is 1.00 bits per heavy atom. The fourth-order valence-electron chi connectivity index (χ4n) is 4.52. The first-order chi connectivity index (χ1) is 12.6. The van der Waals surface area contributed by atoms with Crippen molar-refractivity contribution < 1.29 is 9.90 Å². The molecule has 1 unspecified atom stereocenters. The molecule has 26 heavy (non-hydrogen) atoms. The summed E-state index contributed by atoms with van der Waals surface area (Å²) in [5, 5.41) is 13.6. The first kappa shape index (κ1) is 15.2. The average Bonchev–Trinajstić information content (AvgIpc) is 2.93. The van der Waals surface area contributed by atoms with Crippen molar-refractivity contribution in [3.05, 3.63) is 88.6 Å². The van der Waals surface area contributed by atoms with E-state index in [1.165, 1.54) is 0 Å². The number of benzene rings is 2. The highest BCUT2D eigenvalue weighted by Gasteiger charge is 2.41. The van der Waals surface area contributed by atoms with Gasteiger partial charge in [-0.2, -0.15) is 0 Å². The molecule has 1 aliphatic heterocycles. The summed E-state index contributed by atoms with van der Waals surface area (Å²) in [6.07, 6.45) is 2.34. The highest BCUT2D eigenvalue weighted by atomic mass is 16.3. The van der Waals surface area contributed by atoms with Crippen molar-refractivity contribution in [3.8, 4) is 5.75 Å². The first-order valence-electron chi connectivity index (χ1n) is 9.00. The summed E-state index contributed by atoms with van der Waals surface area (Å²) in [6.45, 7) is 4.35. The first-order valence-corrected chi connectivity index (χ1v) is 9.00. The Hall–Kier alpha value is -3.07. The number of allylic oxidation sites excluding steroid dienone is 4. The van der Waals surface area contributed by atoms with Crippen molar-refractivity contribution in [1.29, 1.82) is 0 Å². The monoisotopic (exact) mass is 341 g/mol. The minimum atomic E-state index is -0.180. The maximum absolute atomic E-state index is 12.9. The second-order valence-electron chi connectivity index (χ2n) is 7.13. The minimum Gasteiger partial charge on any atom is -0.508 e. The molecule has 0 radical (unpaired) electrons. The predicted octanol–water partition coefficient (Wildman–Crippen LogP) is 4.52. The number of hydrogen-bond acceptors (Lipinski definition) is 3. The van der Waals surface area contributed by atoms with Crippen molar-refractivity contribution in [1.82, 2.24) is 5.32 Å². The molecule has 2 aliphatic carbocycles. The maximum atomic E-state index is 12.9. The second kappa shape index (κ2) is 5.46. The molecule has 2 aromatic rings. The number of phenols is 1. The number of Topliss-reactive ketones (excluding diaryl/α,β-unsaturated/α-hetero) is 1. The lowest BCUT2D eigenvalue weighted by Crippen LogP contribution is -2.30. The molecule has 1 atom stereocenters. The van der Waals surface area contributed by atoms with Crippen LogP contribution < -0.4 is 5.32 Å². The van der Waals surface area contributed by atoms with Crippen LogP contribution in [0.15, 0.2) is 72.0 Å². The molecule has 1 heterocycles. The van der Waals surface area contributed by atoms with Gasteiger partial charge < -0.3 is 10.4 Å². The zero-order valence-electron chi connectivity index (χ0n) is 14.4. The number of aromatic hydroxyl groups is 1. The molecule has 3 nitrogen and oxygen atoms in total. The highest BCUT2D eigenvalue weighted by molar-refractivity contribution is 6.07. The summed E-state index contributed by atoms with van der Waals surface area (Å²) in [7, 11) is 0. The smallest absolute Gasteiger partial charge is 0.161 e. The lowest BCUT2D eigenvalue weighted by Gasteiger charge is -2.34. The van der Waals surface area contributed by atoms with Crippen LogP contribution in [0.2, 0.25) is 0 Å². The van der Waals surface area contributed by atoms with Crippen molar-refractivity contribution in [2.75, 3.05) is 0 Å².